The van der Waals surface area contributed by atoms with Crippen molar-refractivity contribution in [3.05, 3.63) is 23.8 Å². The first-order valence-corrected chi connectivity index (χ1v) is 7.34. The predicted molar refractivity (Wildman–Crippen MR) is 78.9 cm³/mol. The quantitative estimate of drug-likeness (QED) is 0.645. The molecule has 0 spiro atoms. The minimum absolute atomic E-state index is 0.128. The van der Waals surface area contributed by atoms with Gasteiger partial charge in [-0.15, -0.1) is 0 Å². The Hall–Kier alpha value is -1.56. The number of hydrogen-bond acceptors (Lipinski definition) is 4. The molecule has 1 heterocycles. The van der Waals surface area contributed by atoms with Gasteiger partial charge in [0.25, 0.3) is 0 Å². The first kappa shape index (κ1) is 13.9. The molecule has 1 aromatic rings. The number of phenols is 1. The molecule has 3 N–H and O–H groups in total. The second-order valence-corrected chi connectivity index (χ2v) is 5.50. The molecular weight excluding hydrogens is 262 g/mol. The van der Waals surface area contributed by atoms with E-state index < -0.39 is 0 Å². The van der Waals surface area contributed by atoms with Gasteiger partial charge < -0.3 is 20.5 Å². The summed E-state index contributed by atoms with van der Waals surface area (Å²) in [4.78, 5) is 6.47. The molecule has 0 radical (unpaired) electrons. The number of benzene rings is 1. The number of methoxy groups -OCH3 is 1. The Balaban J connectivity index is 1.98. The minimum atomic E-state index is 0.128. The highest BCUT2D eigenvalue weighted by Crippen LogP contribution is 2.26. The molecule has 1 aliphatic rings. The number of thioether (sulfide) groups is 1. The van der Waals surface area contributed by atoms with Crippen molar-refractivity contribution in [3.8, 4) is 11.5 Å². The highest BCUT2D eigenvalue weighted by molar-refractivity contribution is 7.99. The van der Waals surface area contributed by atoms with Gasteiger partial charge in [0.05, 0.1) is 13.7 Å². The van der Waals surface area contributed by atoms with E-state index in [1.165, 1.54) is 7.11 Å². The highest BCUT2D eigenvalue weighted by Gasteiger charge is 2.12. The van der Waals surface area contributed by atoms with Gasteiger partial charge in [-0.05, 0) is 17.7 Å². The maximum absolute atomic E-state index is 9.69. The van der Waals surface area contributed by atoms with E-state index in [1.807, 2.05) is 17.8 Å². The fourth-order valence-corrected chi connectivity index (χ4v) is 2.80. The third kappa shape index (κ3) is 3.70. The third-order valence-electron chi connectivity index (χ3n) is 3.00. The van der Waals surface area contributed by atoms with Gasteiger partial charge in [0.2, 0.25) is 0 Å². The average molecular weight is 281 g/mol. The molecule has 1 saturated heterocycles. The van der Waals surface area contributed by atoms with Gasteiger partial charge in [-0.3, -0.25) is 0 Å². The van der Waals surface area contributed by atoms with Crippen molar-refractivity contribution in [2.24, 2.45) is 10.7 Å². The van der Waals surface area contributed by atoms with Crippen LogP contribution in [0.3, 0.4) is 0 Å². The number of hydrogen-bond donors (Lipinski definition) is 2. The van der Waals surface area contributed by atoms with Gasteiger partial charge in [-0.1, -0.05) is 6.07 Å². The van der Waals surface area contributed by atoms with E-state index in [4.69, 9.17) is 10.5 Å². The van der Waals surface area contributed by atoms with Crippen molar-refractivity contribution in [2.45, 2.75) is 6.54 Å². The fraction of sp³-hybridized carbons (Fsp3) is 0.462. The third-order valence-corrected chi connectivity index (χ3v) is 3.94. The Morgan fingerprint density at radius 3 is 2.84 bits per heavy atom. The highest BCUT2D eigenvalue weighted by atomic mass is 32.2. The van der Waals surface area contributed by atoms with Crippen LogP contribution in [0.1, 0.15) is 5.56 Å². The normalized spacial score (nSPS) is 16.5. The summed E-state index contributed by atoms with van der Waals surface area (Å²) in [7, 11) is 1.53. The summed E-state index contributed by atoms with van der Waals surface area (Å²) in [5.41, 5.74) is 6.88. The summed E-state index contributed by atoms with van der Waals surface area (Å²) in [6.45, 7) is 2.37. The van der Waals surface area contributed by atoms with E-state index in [0.29, 0.717) is 18.3 Å². The van der Waals surface area contributed by atoms with Crippen molar-refractivity contribution in [3.63, 3.8) is 0 Å². The number of rotatable bonds is 3. The molecule has 0 aromatic heterocycles. The number of aromatic hydroxyl groups is 1. The number of guanidine groups is 1. The van der Waals surface area contributed by atoms with Crippen molar-refractivity contribution in [2.75, 3.05) is 31.7 Å². The van der Waals surface area contributed by atoms with Crippen LogP contribution in [-0.4, -0.2) is 47.7 Å². The topological polar surface area (TPSA) is 71.1 Å². The van der Waals surface area contributed by atoms with E-state index >= 15 is 0 Å². The molecule has 6 heteroatoms. The number of nitrogens with two attached hydrogens (primary N) is 1. The first-order chi connectivity index (χ1) is 9.20. The predicted octanol–water partition coefficient (Wildman–Crippen LogP) is 1.26. The van der Waals surface area contributed by atoms with Gasteiger partial charge in [-0.25, -0.2) is 4.99 Å². The lowest BCUT2D eigenvalue weighted by atomic mass is 10.2. The molecule has 0 bridgehead atoms. The molecule has 0 atom stereocenters. The van der Waals surface area contributed by atoms with Crippen LogP contribution in [0.5, 0.6) is 11.5 Å². The van der Waals surface area contributed by atoms with E-state index in [-0.39, 0.29) is 5.75 Å². The van der Waals surface area contributed by atoms with Crippen LogP contribution in [-0.2, 0) is 6.54 Å². The zero-order valence-electron chi connectivity index (χ0n) is 11.0. The second kappa shape index (κ2) is 6.56. The average Bonchev–Trinajstić information content (AvgIpc) is 2.46. The summed E-state index contributed by atoms with van der Waals surface area (Å²) in [5, 5.41) is 9.69. The van der Waals surface area contributed by atoms with Crippen molar-refractivity contribution in [1.82, 2.24) is 4.90 Å². The summed E-state index contributed by atoms with van der Waals surface area (Å²) in [6, 6.07) is 5.26. The summed E-state index contributed by atoms with van der Waals surface area (Å²) >= 11 is 1.94. The van der Waals surface area contributed by atoms with Crippen LogP contribution < -0.4 is 10.5 Å². The second-order valence-electron chi connectivity index (χ2n) is 4.28. The monoisotopic (exact) mass is 281 g/mol. The molecule has 0 aliphatic carbocycles. The van der Waals surface area contributed by atoms with E-state index in [0.717, 1.165) is 30.2 Å². The number of ether oxygens (including phenoxy) is 1. The Morgan fingerprint density at radius 1 is 1.47 bits per heavy atom. The Kier molecular flexibility index (Phi) is 4.79. The zero-order valence-corrected chi connectivity index (χ0v) is 11.8. The lowest BCUT2D eigenvalue weighted by Crippen LogP contribution is -2.42. The molecule has 1 aromatic carbocycles. The molecule has 104 valence electrons. The number of phenolic OH excluding ortho intramolecular Hbond substituents is 1. The molecule has 1 fully saturated rings. The summed E-state index contributed by atoms with van der Waals surface area (Å²) in [6.07, 6.45) is 0. The van der Waals surface area contributed by atoms with Crippen LogP contribution in [0.25, 0.3) is 0 Å². The Labute approximate surface area is 117 Å². The van der Waals surface area contributed by atoms with Gasteiger partial charge in [0.1, 0.15) is 0 Å². The first-order valence-electron chi connectivity index (χ1n) is 6.19. The Morgan fingerprint density at radius 2 is 2.21 bits per heavy atom. The van der Waals surface area contributed by atoms with Crippen LogP contribution in [0.4, 0.5) is 0 Å². The minimum Gasteiger partial charge on any atom is -0.504 e. The van der Waals surface area contributed by atoms with Gasteiger partial charge in [0, 0.05) is 24.6 Å². The standard InChI is InChI=1S/C13H19N3O2S/c1-18-12-3-2-10(8-11(12)17)9-15-13(14)16-4-6-19-7-5-16/h2-3,8,17H,4-7,9H2,1H3,(H2,14,15). The van der Waals surface area contributed by atoms with E-state index in [9.17, 15) is 5.11 Å². The smallest absolute Gasteiger partial charge is 0.191 e. The van der Waals surface area contributed by atoms with Gasteiger partial charge in [0.15, 0.2) is 17.5 Å². The van der Waals surface area contributed by atoms with Gasteiger partial charge >= 0.3 is 0 Å². The van der Waals surface area contributed by atoms with E-state index in [2.05, 4.69) is 9.89 Å². The van der Waals surface area contributed by atoms with Crippen molar-refractivity contribution < 1.29 is 9.84 Å². The zero-order chi connectivity index (χ0) is 13.7. The SMILES string of the molecule is COc1ccc(CN=C(N)N2CCSCC2)cc1O. The summed E-state index contributed by atoms with van der Waals surface area (Å²) in [5.74, 6) is 3.37. The lowest BCUT2D eigenvalue weighted by molar-refractivity contribution is 0.373. The van der Waals surface area contributed by atoms with Crippen LogP contribution in [0.2, 0.25) is 0 Å². The molecule has 0 saturated carbocycles. The van der Waals surface area contributed by atoms with Crippen LogP contribution in [0, 0.1) is 0 Å². The van der Waals surface area contributed by atoms with Crippen LogP contribution >= 0.6 is 11.8 Å². The molecule has 0 unspecified atom stereocenters. The van der Waals surface area contributed by atoms with E-state index in [1.54, 1.807) is 12.1 Å². The van der Waals surface area contributed by atoms with Crippen LogP contribution in [0.15, 0.2) is 23.2 Å². The van der Waals surface area contributed by atoms with Crippen molar-refractivity contribution >= 4 is 17.7 Å². The maximum Gasteiger partial charge on any atom is 0.191 e. The maximum atomic E-state index is 9.69. The number of aliphatic imine (C=N–C) groups is 1. The van der Waals surface area contributed by atoms with Gasteiger partial charge in [-0.2, -0.15) is 11.8 Å². The largest absolute Gasteiger partial charge is 0.504 e. The molecule has 0 amide bonds. The fourth-order valence-electron chi connectivity index (χ4n) is 1.90. The lowest BCUT2D eigenvalue weighted by Gasteiger charge is -2.27. The summed E-state index contributed by atoms with van der Waals surface area (Å²) < 4.78 is 5.00. The molecule has 19 heavy (non-hydrogen) atoms. The van der Waals surface area contributed by atoms with Crippen molar-refractivity contribution in [1.29, 1.82) is 0 Å². The molecule has 2 rings (SSSR count). The molecule has 5 nitrogen and oxygen atoms in total. The Bertz CT molecular complexity index is 459. The molecular formula is C13H19N3O2S. The number of nitrogens with zero attached hydrogens (tertiary/aromatic N) is 2. The molecule has 1 aliphatic heterocycles.